The lowest BCUT2D eigenvalue weighted by atomic mass is 10.2. The summed E-state index contributed by atoms with van der Waals surface area (Å²) < 4.78 is 11.9. The molecule has 0 spiro atoms. The van der Waals surface area contributed by atoms with Gasteiger partial charge in [0.1, 0.15) is 6.26 Å². The fourth-order valence-electron chi connectivity index (χ4n) is 1.70. The van der Waals surface area contributed by atoms with Crippen LogP contribution in [0.15, 0.2) is 47.8 Å². The van der Waals surface area contributed by atoms with E-state index in [1.54, 1.807) is 29.4 Å². The third-order valence-electron chi connectivity index (χ3n) is 2.87. The highest BCUT2D eigenvalue weighted by molar-refractivity contribution is 9.11. The maximum absolute atomic E-state index is 12.3. The number of carbonyl (C=O) groups is 1. The third kappa shape index (κ3) is 6.31. The van der Waals surface area contributed by atoms with Crippen molar-refractivity contribution in [3.8, 4) is 0 Å². The lowest BCUT2D eigenvalue weighted by molar-refractivity contribution is -0.195. The van der Waals surface area contributed by atoms with E-state index in [2.05, 4.69) is 29.1 Å². The molecule has 4 nitrogen and oxygen atoms in total. The van der Waals surface area contributed by atoms with Crippen LogP contribution >= 0.6 is 15.9 Å². The molecular formula is C16H22BrNO3. The minimum absolute atomic E-state index is 0.0139. The Hall–Kier alpha value is -1.33. The quantitative estimate of drug-likeness (QED) is 0.650. The maximum atomic E-state index is 12.3. The van der Waals surface area contributed by atoms with Crippen molar-refractivity contribution in [3.05, 3.63) is 47.8 Å². The lowest BCUT2D eigenvalue weighted by Crippen LogP contribution is -2.39. The van der Waals surface area contributed by atoms with Crippen molar-refractivity contribution < 1.29 is 14.3 Å². The molecule has 116 valence electrons. The Morgan fingerprint density at radius 2 is 2.29 bits per heavy atom. The van der Waals surface area contributed by atoms with Gasteiger partial charge in [-0.25, -0.2) is 0 Å². The fraction of sp³-hybridized carbons (Fsp3) is 0.438. The summed E-state index contributed by atoms with van der Waals surface area (Å²) in [7, 11) is 0. The van der Waals surface area contributed by atoms with Crippen LogP contribution in [0, 0.1) is 0 Å². The molecule has 21 heavy (non-hydrogen) atoms. The third-order valence-corrected chi connectivity index (χ3v) is 3.26. The van der Waals surface area contributed by atoms with Crippen LogP contribution in [0.25, 0.3) is 0 Å². The number of ether oxygens (including phenoxy) is 2. The van der Waals surface area contributed by atoms with Crippen LogP contribution in [-0.4, -0.2) is 29.7 Å². The van der Waals surface area contributed by atoms with Gasteiger partial charge in [-0.15, -0.1) is 0 Å². The van der Waals surface area contributed by atoms with Crippen LogP contribution < -0.4 is 0 Å². The Labute approximate surface area is 134 Å². The summed E-state index contributed by atoms with van der Waals surface area (Å²) in [5, 5.41) is 0. The Kier molecular flexibility index (Phi) is 6.92. The van der Waals surface area contributed by atoms with Crippen molar-refractivity contribution in [2.45, 2.75) is 32.5 Å². The van der Waals surface area contributed by atoms with E-state index >= 15 is 0 Å². The average Bonchev–Trinajstić information content (AvgIpc) is 2.40. The van der Waals surface area contributed by atoms with E-state index in [-0.39, 0.29) is 5.91 Å². The summed E-state index contributed by atoms with van der Waals surface area (Å²) >= 11 is 3.32. The van der Waals surface area contributed by atoms with E-state index in [1.807, 2.05) is 13.8 Å². The molecule has 0 aliphatic carbocycles. The van der Waals surface area contributed by atoms with E-state index < -0.39 is 5.79 Å². The molecule has 0 bridgehead atoms. The normalized spacial score (nSPS) is 17.0. The minimum Gasteiger partial charge on any atom is -0.469 e. The second kappa shape index (κ2) is 8.20. The van der Waals surface area contributed by atoms with Crippen molar-refractivity contribution >= 4 is 21.8 Å². The molecule has 1 amide bonds. The smallest absolute Gasteiger partial charge is 0.230 e. The maximum Gasteiger partial charge on any atom is 0.230 e. The van der Waals surface area contributed by atoms with Gasteiger partial charge in [0.2, 0.25) is 11.7 Å². The largest absolute Gasteiger partial charge is 0.469 e. The molecule has 0 aromatic heterocycles. The second-order valence-electron chi connectivity index (χ2n) is 5.10. The van der Waals surface area contributed by atoms with Crippen molar-refractivity contribution in [3.63, 3.8) is 0 Å². The standard InChI is InChI=1S/C16H22BrNO3/c1-5-6-7-8-15(19)18(10-9-13(2)17)14-11-20-16(3,4)21-12-14/h5-7,11H,1-2,8-10,12H2,3-4H3/b7-6+. The summed E-state index contributed by atoms with van der Waals surface area (Å²) in [5.41, 5.74) is 0.722. The van der Waals surface area contributed by atoms with E-state index in [1.165, 1.54) is 0 Å². The number of rotatable bonds is 7. The van der Waals surface area contributed by atoms with Gasteiger partial charge in [-0.05, 0) is 10.9 Å². The van der Waals surface area contributed by atoms with Gasteiger partial charge in [-0.3, -0.25) is 4.79 Å². The highest BCUT2D eigenvalue weighted by atomic mass is 79.9. The second-order valence-corrected chi connectivity index (χ2v) is 6.22. The van der Waals surface area contributed by atoms with Gasteiger partial charge in [-0.2, -0.15) is 0 Å². The summed E-state index contributed by atoms with van der Waals surface area (Å²) in [4.78, 5) is 14.0. The molecule has 0 N–H and O–H groups in total. The van der Waals surface area contributed by atoms with Gasteiger partial charge >= 0.3 is 0 Å². The molecule has 1 aliphatic rings. The summed E-state index contributed by atoms with van der Waals surface area (Å²) in [6, 6.07) is 0. The van der Waals surface area contributed by atoms with E-state index in [0.717, 1.165) is 10.2 Å². The number of nitrogens with zero attached hydrogens (tertiary/aromatic N) is 1. The van der Waals surface area contributed by atoms with E-state index in [0.29, 0.717) is 26.0 Å². The first-order chi connectivity index (χ1) is 9.85. The highest BCUT2D eigenvalue weighted by Gasteiger charge is 2.27. The molecule has 0 saturated heterocycles. The predicted molar refractivity (Wildman–Crippen MR) is 87.6 cm³/mol. The molecule has 0 aromatic rings. The minimum atomic E-state index is -0.653. The fourth-order valence-corrected chi connectivity index (χ4v) is 1.88. The molecule has 0 unspecified atom stereocenters. The molecule has 1 heterocycles. The number of hydrogen-bond acceptors (Lipinski definition) is 3. The van der Waals surface area contributed by atoms with E-state index in [4.69, 9.17) is 9.47 Å². The Balaban J connectivity index is 2.79. The van der Waals surface area contributed by atoms with Gasteiger partial charge < -0.3 is 14.4 Å². The van der Waals surface area contributed by atoms with Crippen molar-refractivity contribution in [2.75, 3.05) is 13.2 Å². The van der Waals surface area contributed by atoms with E-state index in [9.17, 15) is 4.79 Å². The molecular weight excluding hydrogens is 334 g/mol. The zero-order chi connectivity index (χ0) is 15.9. The zero-order valence-corrected chi connectivity index (χ0v) is 14.2. The van der Waals surface area contributed by atoms with Crippen molar-refractivity contribution in [1.29, 1.82) is 0 Å². The summed E-state index contributed by atoms with van der Waals surface area (Å²) in [6.07, 6.45) is 7.76. The monoisotopic (exact) mass is 355 g/mol. The van der Waals surface area contributed by atoms with Crippen LogP contribution in [0.2, 0.25) is 0 Å². The number of carbonyl (C=O) groups excluding carboxylic acids is 1. The zero-order valence-electron chi connectivity index (χ0n) is 12.6. The average molecular weight is 356 g/mol. The summed E-state index contributed by atoms with van der Waals surface area (Å²) in [5.74, 6) is -0.667. The van der Waals surface area contributed by atoms with Gasteiger partial charge in [-0.1, -0.05) is 47.3 Å². The SMILES string of the molecule is C=C/C=C/CC(=O)N(CCC(=C)Br)C1=COC(C)(C)OC1. The molecule has 5 heteroatoms. The molecule has 0 atom stereocenters. The molecule has 0 aromatic carbocycles. The first-order valence-electron chi connectivity index (χ1n) is 6.78. The molecule has 0 radical (unpaired) electrons. The van der Waals surface area contributed by atoms with Crippen LogP contribution in [0.3, 0.4) is 0 Å². The first-order valence-corrected chi connectivity index (χ1v) is 7.57. The van der Waals surface area contributed by atoms with Gasteiger partial charge in [0.05, 0.1) is 12.3 Å². The van der Waals surface area contributed by atoms with Crippen molar-refractivity contribution in [1.82, 2.24) is 4.90 Å². The summed E-state index contributed by atoms with van der Waals surface area (Å²) in [6.45, 7) is 11.9. The van der Waals surface area contributed by atoms with Crippen LogP contribution in [-0.2, 0) is 14.3 Å². The lowest BCUT2D eigenvalue weighted by Gasteiger charge is -2.34. The molecule has 1 aliphatic heterocycles. The Morgan fingerprint density at radius 3 is 2.81 bits per heavy atom. The number of allylic oxidation sites excluding steroid dienone is 2. The Bertz CT molecular complexity index is 466. The molecule has 0 saturated carbocycles. The molecule has 1 rings (SSSR count). The Morgan fingerprint density at radius 1 is 1.57 bits per heavy atom. The number of amides is 1. The molecule has 0 fully saturated rings. The first kappa shape index (κ1) is 17.7. The van der Waals surface area contributed by atoms with Crippen LogP contribution in [0.1, 0.15) is 26.7 Å². The topological polar surface area (TPSA) is 38.8 Å². The van der Waals surface area contributed by atoms with Gasteiger partial charge in [0.25, 0.3) is 0 Å². The predicted octanol–water partition coefficient (Wildman–Crippen LogP) is 3.87. The number of halogens is 1. The van der Waals surface area contributed by atoms with Gasteiger partial charge in [0, 0.05) is 26.8 Å². The van der Waals surface area contributed by atoms with Crippen LogP contribution in [0.4, 0.5) is 0 Å². The van der Waals surface area contributed by atoms with Crippen LogP contribution in [0.5, 0.6) is 0 Å². The highest BCUT2D eigenvalue weighted by Crippen LogP contribution is 2.23. The van der Waals surface area contributed by atoms with Crippen molar-refractivity contribution in [2.24, 2.45) is 0 Å². The van der Waals surface area contributed by atoms with Gasteiger partial charge in [0.15, 0.2) is 0 Å². The number of hydrogen-bond donors (Lipinski definition) is 0.